The Kier molecular flexibility index (Phi) is 2.89. The molecule has 2 rings (SSSR count). The Morgan fingerprint density at radius 1 is 1.40 bits per heavy atom. The smallest absolute Gasteiger partial charge is 0.0880 e. The molecule has 15 heavy (non-hydrogen) atoms. The fraction of sp³-hybridized carbons (Fsp3) is 0.0909. The summed E-state index contributed by atoms with van der Waals surface area (Å²) in [6, 6.07) is 10.2. The Balaban J connectivity index is 2.28. The quantitative estimate of drug-likeness (QED) is 0.301. The highest BCUT2D eigenvalue weighted by Crippen LogP contribution is 2.24. The van der Waals surface area contributed by atoms with Gasteiger partial charge in [0.25, 0.3) is 0 Å². The molecule has 0 fully saturated rings. The number of benzene rings is 1. The maximum Gasteiger partial charge on any atom is 0.0880 e. The van der Waals surface area contributed by atoms with Gasteiger partial charge < -0.3 is 0 Å². The number of fused-ring (bicyclic) bond motifs is 1. The fourth-order valence-corrected chi connectivity index (χ4v) is 2.17. The van der Waals surface area contributed by atoms with Gasteiger partial charge in [-0.1, -0.05) is 35.2 Å². The van der Waals surface area contributed by atoms with E-state index in [4.69, 9.17) is 5.53 Å². The third kappa shape index (κ3) is 2.29. The minimum absolute atomic E-state index is 0.227. The second kappa shape index (κ2) is 4.52. The largest absolute Gasteiger partial charge is 0.127 e. The van der Waals surface area contributed by atoms with Crippen molar-refractivity contribution in [1.29, 1.82) is 0 Å². The van der Waals surface area contributed by atoms with Crippen molar-refractivity contribution >= 4 is 21.4 Å². The molecule has 3 nitrogen and oxygen atoms in total. The molecule has 0 saturated carbocycles. The Morgan fingerprint density at radius 3 is 3.07 bits per heavy atom. The molecule has 72 valence electrons. The van der Waals surface area contributed by atoms with E-state index in [1.54, 1.807) is 11.3 Å². The highest BCUT2D eigenvalue weighted by atomic mass is 32.1. The van der Waals surface area contributed by atoms with Crippen LogP contribution in [0.2, 0.25) is 0 Å². The Hall–Kier alpha value is -1.95. The normalized spacial score (nSPS) is 9.07. The van der Waals surface area contributed by atoms with Crippen LogP contribution < -0.4 is 0 Å². The van der Waals surface area contributed by atoms with Crippen LogP contribution in [-0.4, -0.2) is 6.54 Å². The zero-order chi connectivity index (χ0) is 10.5. The molecule has 0 spiro atoms. The summed E-state index contributed by atoms with van der Waals surface area (Å²) in [6.45, 7) is 0.227. The van der Waals surface area contributed by atoms with E-state index in [0.717, 1.165) is 4.88 Å². The van der Waals surface area contributed by atoms with E-state index in [2.05, 4.69) is 34.0 Å². The lowest BCUT2D eigenvalue weighted by Crippen LogP contribution is -1.67. The van der Waals surface area contributed by atoms with Gasteiger partial charge in [-0.05, 0) is 23.1 Å². The molecule has 0 N–H and O–H groups in total. The van der Waals surface area contributed by atoms with Crippen molar-refractivity contribution in [2.24, 2.45) is 5.11 Å². The van der Waals surface area contributed by atoms with Crippen LogP contribution in [0.25, 0.3) is 20.5 Å². The number of thiophene rings is 1. The number of nitrogens with zero attached hydrogens (tertiary/aromatic N) is 3. The summed E-state index contributed by atoms with van der Waals surface area (Å²) < 4.78 is 1.23. The van der Waals surface area contributed by atoms with Gasteiger partial charge >= 0.3 is 0 Å². The zero-order valence-corrected chi connectivity index (χ0v) is 8.66. The van der Waals surface area contributed by atoms with Gasteiger partial charge in [-0.25, -0.2) is 0 Å². The van der Waals surface area contributed by atoms with Gasteiger partial charge in [-0.3, -0.25) is 0 Å². The Labute approximate surface area is 91.0 Å². The van der Waals surface area contributed by atoms with E-state index < -0.39 is 0 Å². The van der Waals surface area contributed by atoms with E-state index in [1.807, 2.05) is 18.2 Å². The Morgan fingerprint density at radius 2 is 2.27 bits per heavy atom. The number of hydrogen-bond donors (Lipinski definition) is 0. The van der Waals surface area contributed by atoms with Gasteiger partial charge in [0, 0.05) is 9.61 Å². The van der Waals surface area contributed by atoms with Crippen molar-refractivity contribution < 1.29 is 0 Å². The van der Waals surface area contributed by atoms with Crippen LogP contribution in [-0.2, 0) is 0 Å². The molecule has 1 heterocycles. The zero-order valence-electron chi connectivity index (χ0n) is 7.84. The van der Waals surface area contributed by atoms with Crippen LogP contribution in [0.15, 0.2) is 35.4 Å². The molecule has 1 aromatic carbocycles. The highest BCUT2D eigenvalue weighted by molar-refractivity contribution is 7.19. The lowest BCUT2D eigenvalue weighted by molar-refractivity contribution is 1.25. The summed E-state index contributed by atoms with van der Waals surface area (Å²) >= 11 is 1.65. The summed E-state index contributed by atoms with van der Waals surface area (Å²) in [5.74, 6) is 5.78. The number of rotatable bonds is 1. The first-order chi connectivity index (χ1) is 7.40. The molecule has 0 bridgehead atoms. The minimum atomic E-state index is 0.227. The molecular weight excluding hydrogens is 206 g/mol. The standard InChI is InChI=1S/C11H7N3S/c12-14-13-7-3-5-10-8-9-4-1-2-6-11(9)15-10/h1-2,4,6,8H,7H2. The number of hydrogen-bond acceptors (Lipinski definition) is 2. The predicted octanol–water partition coefficient (Wildman–Crippen LogP) is 3.56. The minimum Gasteiger partial charge on any atom is -0.127 e. The van der Waals surface area contributed by atoms with Gasteiger partial charge in [0.2, 0.25) is 0 Å². The average Bonchev–Trinajstić information content (AvgIpc) is 2.67. The van der Waals surface area contributed by atoms with Crippen molar-refractivity contribution in [2.75, 3.05) is 6.54 Å². The van der Waals surface area contributed by atoms with Gasteiger partial charge in [-0.2, -0.15) is 0 Å². The molecule has 0 saturated heterocycles. The van der Waals surface area contributed by atoms with Crippen molar-refractivity contribution in [3.8, 4) is 11.8 Å². The molecule has 2 aromatic rings. The monoisotopic (exact) mass is 213 g/mol. The van der Waals surface area contributed by atoms with E-state index in [1.165, 1.54) is 10.1 Å². The van der Waals surface area contributed by atoms with Crippen LogP contribution in [0.4, 0.5) is 0 Å². The molecule has 0 aliphatic heterocycles. The molecular formula is C11H7N3S. The summed E-state index contributed by atoms with van der Waals surface area (Å²) in [7, 11) is 0. The maximum atomic E-state index is 8.07. The third-order valence-corrected chi connectivity index (χ3v) is 2.88. The summed E-state index contributed by atoms with van der Waals surface area (Å²) in [6.07, 6.45) is 0. The molecule has 0 amide bonds. The van der Waals surface area contributed by atoms with Gasteiger partial charge in [0.05, 0.1) is 11.4 Å². The lowest BCUT2D eigenvalue weighted by Gasteiger charge is -1.82. The molecule has 4 heteroatoms. The molecule has 0 radical (unpaired) electrons. The number of azide groups is 1. The van der Waals surface area contributed by atoms with Crippen LogP contribution >= 0.6 is 11.3 Å². The van der Waals surface area contributed by atoms with Crippen LogP contribution in [0.3, 0.4) is 0 Å². The van der Waals surface area contributed by atoms with Crippen molar-refractivity contribution in [2.45, 2.75) is 0 Å². The van der Waals surface area contributed by atoms with E-state index in [-0.39, 0.29) is 6.54 Å². The molecule has 1 aromatic heterocycles. The van der Waals surface area contributed by atoms with Gasteiger partial charge in [0.15, 0.2) is 0 Å². The average molecular weight is 213 g/mol. The predicted molar refractivity (Wildman–Crippen MR) is 62.7 cm³/mol. The van der Waals surface area contributed by atoms with Crippen molar-refractivity contribution in [3.05, 3.63) is 45.7 Å². The SMILES string of the molecule is [N-]=[N+]=NCC#Cc1cc2ccccc2s1. The van der Waals surface area contributed by atoms with Crippen molar-refractivity contribution in [1.82, 2.24) is 0 Å². The van der Waals surface area contributed by atoms with Crippen LogP contribution in [0.5, 0.6) is 0 Å². The van der Waals surface area contributed by atoms with E-state index in [0.29, 0.717) is 0 Å². The first-order valence-corrected chi connectivity index (χ1v) is 5.20. The van der Waals surface area contributed by atoms with Gasteiger partial charge in [-0.15, -0.1) is 11.3 Å². The second-order valence-corrected chi connectivity index (χ2v) is 3.92. The molecule has 0 unspecified atom stereocenters. The fourth-order valence-electron chi connectivity index (χ4n) is 1.24. The highest BCUT2D eigenvalue weighted by Gasteiger charge is 1.96. The van der Waals surface area contributed by atoms with Crippen LogP contribution in [0, 0.1) is 11.8 Å². The Bertz CT molecular complexity index is 549. The molecule has 0 aliphatic rings. The summed E-state index contributed by atoms with van der Waals surface area (Å²) in [4.78, 5) is 3.64. The first kappa shape index (κ1) is 9.60. The van der Waals surface area contributed by atoms with Crippen LogP contribution in [0.1, 0.15) is 4.88 Å². The maximum absolute atomic E-state index is 8.07. The summed E-state index contributed by atoms with van der Waals surface area (Å²) in [5, 5.41) is 4.56. The van der Waals surface area contributed by atoms with Crippen molar-refractivity contribution in [3.63, 3.8) is 0 Å². The second-order valence-electron chi connectivity index (χ2n) is 2.84. The molecule has 0 atom stereocenters. The molecule has 0 aliphatic carbocycles. The third-order valence-electron chi connectivity index (χ3n) is 1.85. The summed E-state index contributed by atoms with van der Waals surface area (Å²) in [5.41, 5.74) is 8.07. The van der Waals surface area contributed by atoms with Gasteiger partial charge in [0.1, 0.15) is 0 Å². The first-order valence-electron chi connectivity index (χ1n) is 4.38. The van der Waals surface area contributed by atoms with E-state index in [9.17, 15) is 0 Å². The lowest BCUT2D eigenvalue weighted by atomic mass is 10.2. The topological polar surface area (TPSA) is 48.8 Å². The van der Waals surface area contributed by atoms with E-state index >= 15 is 0 Å².